The minimum absolute atomic E-state index is 0.0127. The van der Waals surface area contributed by atoms with Crippen molar-refractivity contribution in [3.63, 3.8) is 0 Å². The summed E-state index contributed by atoms with van der Waals surface area (Å²) in [4.78, 5) is 61.3. The highest BCUT2D eigenvalue weighted by Crippen LogP contribution is 2.43. The number of carbonyl (C=O) groups is 3. The number of aromatic nitrogens is 4. The van der Waals surface area contributed by atoms with Crippen LogP contribution in [0, 0.1) is 25.6 Å². The number of piperazine rings is 1. The molecule has 9 rings (SSSR count). The van der Waals surface area contributed by atoms with Gasteiger partial charge in [0.05, 0.1) is 39.4 Å². The van der Waals surface area contributed by atoms with E-state index in [-0.39, 0.29) is 91.2 Å². The van der Waals surface area contributed by atoms with Gasteiger partial charge in [-0.2, -0.15) is 4.98 Å². The van der Waals surface area contributed by atoms with Gasteiger partial charge in [0.25, 0.3) is 0 Å². The fourth-order valence-electron chi connectivity index (χ4n) is 9.62. The molecule has 7 aromatic rings. The molecule has 382 valence electrons. The highest BCUT2D eigenvalue weighted by atomic mass is 35.5. The molecule has 2 aliphatic rings. The normalized spacial score (nSPS) is 16.3. The molecule has 17 nitrogen and oxygen atoms in total. The molecule has 0 unspecified atom stereocenters. The van der Waals surface area contributed by atoms with Crippen LogP contribution in [0.3, 0.4) is 0 Å². The van der Waals surface area contributed by atoms with Crippen LogP contribution < -0.4 is 25.6 Å². The summed E-state index contributed by atoms with van der Waals surface area (Å²) in [5.74, 6) is -0.867. The fourth-order valence-corrected chi connectivity index (χ4v) is 10.7. The zero-order valence-corrected chi connectivity index (χ0v) is 42.8. The molecule has 0 spiro atoms. The SMILES string of the molecule is Cc1cc([C@@H](C(=O)N2C[C@H](O)C[C@H]2C(=O)NCc2ccc(-c3scnc3C)cc2OCCN(C)C(=O)CCNc2nc(N3CCNCC3)c3cc(Cl)c(-c4cc(O)cc5ccccc45)c(F)c3n2)C(C)C)on1. The van der Waals surface area contributed by atoms with Crippen LogP contribution in [0.1, 0.15) is 55.3 Å². The number of aromatic hydroxyl groups is 1. The molecule has 2 fully saturated rings. The predicted molar refractivity (Wildman–Crippen MR) is 280 cm³/mol. The van der Waals surface area contributed by atoms with Gasteiger partial charge in [0.15, 0.2) is 5.82 Å². The minimum Gasteiger partial charge on any atom is -0.508 e. The highest BCUT2D eigenvalue weighted by molar-refractivity contribution is 7.13. The molecule has 3 aromatic heterocycles. The summed E-state index contributed by atoms with van der Waals surface area (Å²) in [5.41, 5.74) is 5.40. The molecular formula is C53H58ClFN10O7S. The maximum Gasteiger partial charge on any atom is 0.243 e. The first kappa shape index (κ1) is 51.0. The molecule has 0 aliphatic carbocycles. The van der Waals surface area contributed by atoms with Crippen LogP contribution in [0.4, 0.5) is 16.2 Å². The zero-order valence-electron chi connectivity index (χ0n) is 41.2. The van der Waals surface area contributed by atoms with Crippen molar-refractivity contribution in [1.82, 2.24) is 40.5 Å². The highest BCUT2D eigenvalue weighted by Gasteiger charge is 2.43. The smallest absolute Gasteiger partial charge is 0.243 e. The van der Waals surface area contributed by atoms with Crippen LogP contribution in [0.25, 0.3) is 43.2 Å². The maximum absolute atomic E-state index is 17.0. The molecule has 3 amide bonds. The molecule has 0 saturated carbocycles. The Labute approximate surface area is 430 Å². The van der Waals surface area contributed by atoms with E-state index in [1.54, 1.807) is 42.6 Å². The first-order chi connectivity index (χ1) is 35.1. The number of nitrogens with one attached hydrogen (secondary N) is 3. The van der Waals surface area contributed by atoms with Crippen LogP contribution in [-0.4, -0.2) is 129 Å². The Morgan fingerprint density at radius 2 is 1.85 bits per heavy atom. The number of carbonyl (C=O) groups excluding carboxylic acids is 3. The number of ether oxygens (including phenoxy) is 1. The van der Waals surface area contributed by atoms with Crippen molar-refractivity contribution in [3.8, 4) is 33.1 Å². The van der Waals surface area contributed by atoms with Crippen LogP contribution in [0.2, 0.25) is 5.02 Å². The van der Waals surface area contributed by atoms with Crippen LogP contribution in [0.5, 0.6) is 11.5 Å². The topological polar surface area (TPSA) is 211 Å². The van der Waals surface area contributed by atoms with E-state index in [2.05, 4.69) is 36.0 Å². The number of rotatable bonds is 17. The maximum atomic E-state index is 17.0. The molecule has 2 saturated heterocycles. The summed E-state index contributed by atoms with van der Waals surface area (Å²) in [6.07, 6.45) is -0.727. The number of likely N-dealkylation sites (tertiary alicyclic amines) is 1. The van der Waals surface area contributed by atoms with Gasteiger partial charge in [-0.3, -0.25) is 14.4 Å². The Hall–Kier alpha value is -6.93. The number of aryl methyl sites for hydroxylation is 2. The van der Waals surface area contributed by atoms with Crippen molar-refractivity contribution < 1.29 is 38.2 Å². The number of β-amino-alcohol motifs (C(OH)–C–C–N with tert-alkyl or cyclic N) is 1. The number of phenols is 1. The van der Waals surface area contributed by atoms with Gasteiger partial charge in [-0.1, -0.05) is 67.0 Å². The number of fused-ring (bicyclic) bond motifs is 2. The number of aliphatic hydroxyl groups excluding tert-OH is 1. The summed E-state index contributed by atoms with van der Waals surface area (Å²) in [7, 11) is 1.68. The van der Waals surface area contributed by atoms with E-state index < -0.39 is 29.8 Å². The van der Waals surface area contributed by atoms with E-state index in [0.29, 0.717) is 71.1 Å². The minimum atomic E-state index is -0.905. The number of aliphatic hydroxyl groups is 1. The molecule has 0 radical (unpaired) electrons. The summed E-state index contributed by atoms with van der Waals surface area (Å²) in [5, 5.41) is 36.8. The number of halogens is 2. The van der Waals surface area contributed by atoms with Gasteiger partial charge >= 0.3 is 0 Å². The van der Waals surface area contributed by atoms with Crippen LogP contribution in [0.15, 0.2) is 76.8 Å². The number of hydrogen-bond donors (Lipinski definition) is 5. The third-order valence-electron chi connectivity index (χ3n) is 13.4. The lowest BCUT2D eigenvalue weighted by Gasteiger charge is -2.29. The Kier molecular flexibility index (Phi) is 15.4. The second-order valence-corrected chi connectivity index (χ2v) is 20.2. The van der Waals surface area contributed by atoms with Crippen molar-refractivity contribution in [2.75, 3.05) is 69.7 Å². The van der Waals surface area contributed by atoms with E-state index >= 15 is 4.39 Å². The van der Waals surface area contributed by atoms with E-state index in [1.165, 1.54) is 22.3 Å². The summed E-state index contributed by atoms with van der Waals surface area (Å²) >= 11 is 8.38. The monoisotopic (exact) mass is 1030 g/mol. The molecule has 3 atom stereocenters. The van der Waals surface area contributed by atoms with E-state index in [0.717, 1.165) is 21.5 Å². The number of nitrogens with zero attached hydrogens (tertiary/aromatic N) is 7. The lowest BCUT2D eigenvalue weighted by Crippen LogP contribution is -2.48. The molecule has 20 heteroatoms. The molecule has 73 heavy (non-hydrogen) atoms. The first-order valence-corrected chi connectivity index (χ1v) is 25.6. The number of thiazole rings is 1. The number of benzene rings is 4. The lowest BCUT2D eigenvalue weighted by molar-refractivity contribution is -0.141. The van der Waals surface area contributed by atoms with Crippen molar-refractivity contribution in [2.24, 2.45) is 5.92 Å². The first-order valence-electron chi connectivity index (χ1n) is 24.4. The third kappa shape index (κ3) is 11.0. The molecule has 5 N–H and O–H groups in total. The second-order valence-electron chi connectivity index (χ2n) is 18.9. The third-order valence-corrected chi connectivity index (χ3v) is 14.7. The molecule has 4 aromatic carbocycles. The Morgan fingerprint density at radius 1 is 1.05 bits per heavy atom. The largest absolute Gasteiger partial charge is 0.508 e. The number of amides is 3. The van der Waals surface area contributed by atoms with Gasteiger partial charge in [0.1, 0.15) is 47.2 Å². The fraction of sp³-hybridized carbons (Fsp3) is 0.377. The van der Waals surface area contributed by atoms with E-state index in [4.69, 9.17) is 25.8 Å². The number of hydrogen-bond acceptors (Lipinski definition) is 15. The Bertz CT molecular complexity index is 3180. The number of anilines is 2. The van der Waals surface area contributed by atoms with Gasteiger partial charge in [-0.05, 0) is 65.9 Å². The molecular weight excluding hydrogens is 975 g/mol. The van der Waals surface area contributed by atoms with Crippen molar-refractivity contribution in [2.45, 2.75) is 65.1 Å². The molecule has 2 aliphatic heterocycles. The average Bonchev–Trinajstić information content (AvgIpc) is 4.12. The molecule has 0 bridgehead atoms. The zero-order chi connectivity index (χ0) is 51.5. The number of likely N-dealkylation sites (N-methyl/N-ethyl adjacent to an activating group) is 1. The van der Waals surface area contributed by atoms with Crippen molar-refractivity contribution >= 4 is 74.1 Å². The van der Waals surface area contributed by atoms with Crippen LogP contribution in [-0.2, 0) is 20.9 Å². The van der Waals surface area contributed by atoms with Crippen molar-refractivity contribution in [1.29, 1.82) is 0 Å². The molecule has 5 heterocycles. The summed E-state index contributed by atoms with van der Waals surface area (Å²) in [6, 6.07) is 18.7. The number of phenolic OH excluding ortho intramolecular Hbond substituents is 1. The van der Waals surface area contributed by atoms with Gasteiger partial charge in [-0.15, -0.1) is 11.3 Å². The predicted octanol–water partition coefficient (Wildman–Crippen LogP) is 7.44. The summed E-state index contributed by atoms with van der Waals surface area (Å²) < 4.78 is 28.8. The summed E-state index contributed by atoms with van der Waals surface area (Å²) in [6.45, 7) is 10.7. The van der Waals surface area contributed by atoms with Gasteiger partial charge < -0.3 is 50.1 Å². The lowest BCUT2D eigenvalue weighted by atomic mass is 9.91. The quantitative estimate of drug-likeness (QED) is 0.0600. The van der Waals surface area contributed by atoms with Gasteiger partial charge in [0, 0.05) is 88.3 Å². The Balaban J connectivity index is 0.870. The average molecular weight is 1030 g/mol. The van der Waals surface area contributed by atoms with E-state index in [1.807, 2.05) is 63.2 Å². The Morgan fingerprint density at radius 3 is 2.59 bits per heavy atom. The second kappa shape index (κ2) is 22.0. The van der Waals surface area contributed by atoms with Gasteiger partial charge in [-0.25, -0.2) is 14.4 Å². The van der Waals surface area contributed by atoms with Crippen molar-refractivity contribution in [3.05, 3.63) is 106 Å². The standard InChI is InChI=1S/C53H58ClFN10O7S/c1-29(2)45(43-20-30(3)62-72-43)52(70)65-27-36(67)24-41(65)51(69)58-26-34-11-10-33(49-31(4)59-28-73-49)22-42(34)71-19-18-63(5)44(68)12-13-57-53-60-48-39(50(61-53)64-16-14-56-15-17-64)25-40(54)46(47(48)55)38-23-35(66)21-32-8-6-7-9-37(32)38/h6-11,20-23,25,28-29,36,41,45,56,66-67H,12-19,24,26-27H2,1-5H3,(H,58,69)(H,57,60,61)/t36-,41+,45+/m1/s1. The van der Waals surface area contributed by atoms with Crippen LogP contribution >= 0.6 is 22.9 Å². The van der Waals surface area contributed by atoms with E-state index in [9.17, 15) is 24.6 Å². The van der Waals surface area contributed by atoms with Gasteiger partial charge in [0.2, 0.25) is 23.7 Å².